The molecule has 3 aromatic rings. The summed E-state index contributed by atoms with van der Waals surface area (Å²) >= 11 is 0. The Bertz CT molecular complexity index is 1180. The van der Waals surface area contributed by atoms with Crippen LogP contribution in [0.15, 0.2) is 34.9 Å². The summed E-state index contributed by atoms with van der Waals surface area (Å²) in [6, 6.07) is 10.5. The maximum atomic E-state index is 12.5. The van der Waals surface area contributed by atoms with Crippen molar-refractivity contribution >= 4 is 33.3 Å². The molecule has 1 saturated carbocycles. The molecular weight excluding hydrogens is 418 g/mol. The number of nitrogens with zero attached hydrogens (tertiary/aromatic N) is 3. The Kier molecular flexibility index (Phi) is 6.17. The van der Waals surface area contributed by atoms with Gasteiger partial charge in [0.25, 0.3) is 0 Å². The fourth-order valence-corrected chi connectivity index (χ4v) is 5.19. The third kappa shape index (κ3) is 4.52. The van der Waals surface area contributed by atoms with Gasteiger partial charge in [0.2, 0.25) is 0 Å². The van der Waals surface area contributed by atoms with Crippen molar-refractivity contribution in [1.29, 1.82) is 0 Å². The zero-order valence-electron chi connectivity index (χ0n) is 19.4. The number of piperidine rings is 1. The lowest BCUT2D eigenvalue weighted by atomic mass is 9.83. The number of carbonyl (C=O) groups excluding carboxylic acids is 2. The largest absolute Gasteiger partial charge is 0.492 e. The average Bonchev–Trinajstić information content (AvgIpc) is 3.23. The number of likely N-dealkylation sites (tertiary alicyclic amines) is 1. The Labute approximate surface area is 193 Å². The molecule has 2 aliphatic rings. The standard InChI is InChI=1S/C26H31N3O4/c1-28-11-9-18(10-12-28)29(2)13-14-32-20-5-7-21-17(15-20)3-8-24-25(21)26(27-33-24)22-6-4-19(30)16-23(22)31/h3,5,7-8,15,18,22H,4,6,9-14,16H2,1-2H3. The number of fused-ring (bicyclic) bond motifs is 3. The van der Waals surface area contributed by atoms with E-state index in [0.29, 0.717) is 36.8 Å². The SMILES string of the molecule is CN1CCC(N(C)CCOc2ccc3c(ccc4onc(C5CCC(=O)CC5=O)c43)c2)CC1. The first-order valence-electron chi connectivity index (χ1n) is 11.9. The maximum Gasteiger partial charge on any atom is 0.167 e. The van der Waals surface area contributed by atoms with Crippen molar-refractivity contribution in [2.45, 2.75) is 44.1 Å². The molecule has 2 heterocycles. The van der Waals surface area contributed by atoms with Crippen LogP contribution in [-0.4, -0.2) is 72.9 Å². The number of ether oxygens (including phenoxy) is 1. The highest BCUT2D eigenvalue weighted by Gasteiger charge is 2.32. The molecule has 33 heavy (non-hydrogen) atoms. The Balaban J connectivity index is 1.31. The van der Waals surface area contributed by atoms with E-state index in [2.05, 4.69) is 29.1 Å². The molecule has 0 spiro atoms. The summed E-state index contributed by atoms with van der Waals surface area (Å²) < 4.78 is 11.6. The third-order valence-corrected chi connectivity index (χ3v) is 7.28. The van der Waals surface area contributed by atoms with E-state index < -0.39 is 0 Å². The molecule has 0 N–H and O–H groups in total. The van der Waals surface area contributed by atoms with Gasteiger partial charge in [-0.1, -0.05) is 11.2 Å². The predicted molar refractivity (Wildman–Crippen MR) is 127 cm³/mol. The summed E-state index contributed by atoms with van der Waals surface area (Å²) in [7, 11) is 4.37. The van der Waals surface area contributed by atoms with E-state index in [-0.39, 0.29) is 23.9 Å². The van der Waals surface area contributed by atoms with Gasteiger partial charge in [-0.25, -0.2) is 0 Å². The molecule has 1 atom stereocenters. The van der Waals surface area contributed by atoms with Crippen molar-refractivity contribution in [2.24, 2.45) is 0 Å². The van der Waals surface area contributed by atoms with Crippen molar-refractivity contribution in [2.75, 3.05) is 40.3 Å². The number of carbonyl (C=O) groups is 2. The van der Waals surface area contributed by atoms with Crippen LogP contribution in [0.1, 0.15) is 43.7 Å². The van der Waals surface area contributed by atoms with Gasteiger partial charge in [-0.15, -0.1) is 0 Å². The van der Waals surface area contributed by atoms with Crippen LogP contribution in [0.5, 0.6) is 5.75 Å². The van der Waals surface area contributed by atoms with Gasteiger partial charge in [-0.3, -0.25) is 14.5 Å². The summed E-state index contributed by atoms with van der Waals surface area (Å²) in [5.74, 6) is 0.404. The van der Waals surface area contributed by atoms with E-state index in [4.69, 9.17) is 9.26 Å². The van der Waals surface area contributed by atoms with Crippen molar-refractivity contribution in [3.05, 3.63) is 36.0 Å². The van der Waals surface area contributed by atoms with Crippen molar-refractivity contribution in [3.63, 3.8) is 0 Å². The molecule has 7 nitrogen and oxygen atoms in total. The van der Waals surface area contributed by atoms with E-state index in [0.717, 1.165) is 41.5 Å². The second kappa shape index (κ2) is 9.23. The molecular formula is C26H31N3O4. The third-order valence-electron chi connectivity index (χ3n) is 7.28. The van der Waals surface area contributed by atoms with Gasteiger partial charge in [-0.05, 0) is 81.5 Å². The molecule has 0 bridgehead atoms. The van der Waals surface area contributed by atoms with Crippen molar-refractivity contribution in [3.8, 4) is 5.75 Å². The second-order valence-electron chi connectivity index (χ2n) is 9.53. The summed E-state index contributed by atoms with van der Waals surface area (Å²) in [5.41, 5.74) is 1.32. The molecule has 2 fully saturated rings. The number of Topliss-reactive ketones (excluding diaryl/α,β-unsaturated/α-hetero) is 2. The molecule has 1 aromatic heterocycles. The van der Waals surface area contributed by atoms with Crippen LogP contribution in [0.2, 0.25) is 0 Å². The lowest BCUT2D eigenvalue weighted by Gasteiger charge is -2.35. The Morgan fingerprint density at radius 1 is 1.15 bits per heavy atom. The molecule has 0 amide bonds. The first-order chi connectivity index (χ1) is 16.0. The minimum absolute atomic E-state index is 0.00617. The zero-order valence-corrected chi connectivity index (χ0v) is 19.4. The number of rotatable bonds is 6. The van der Waals surface area contributed by atoms with Gasteiger partial charge in [0, 0.05) is 19.0 Å². The monoisotopic (exact) mass is 449 g/mol. The number of likely N-dealkylation sites (N-methyl/N-ethyl adjacent to an activating group) is 1. The smallest absolute Gasteiger partial charge is 0.167 e. The normalized spacial score (nSPS) is 20.9. The quantitative estimate of drug-likeness (QED) is 0.530. The minimum atomic E-state index is -0.374. The highest BCUT2D eigenvalue weighted by atomic mass is 16.5. The molecule has 2 aromatic carbocycles. The van der Waals surface area contributed by atoms with Gasteiger partial charge in [-0.2, -0.15) is 0 Å². The van der Waals surface area contributed by atoms with Gasteiger partial charge >= 0.3 is 0 Å². The van der Waals surface area contributed by atoms with E-state index in [1.54, 1.807) is 0 Å². The molecule has 1 aliphatic heterocycles. The van der Waals surface area contributed by atoms with E-state index in [9.17, 15) is 9.59 Å². The number of aromatic nitrogens is 1. The Morgan fingerprint density at radius 2 is 1.97 bits per heavy atom. The number of benzene rings is 2. The predicted octanol–water partition coefficient (Wildman–Crippen LogP) is 3.79. The topological polar surface area (TPSA) is 75.9 Å². The molecule has 1 unspecified atom stereocenters. The number of hydrogen-bond donors (Lipinski definition) is 0. The van der Waals surface area contributed by atoms with Gasteiger partial charge < -0.3 is 14.2 Å². The number of hydrogen-bond acceptors (Lipinski definition) is 7. The average molecular weight is 450 g/mol. The molecule has 174 valence electrons. The van der Waals surface area contributed by atoms with Crippen LogP contribution in [0.3, 0.4) is 0 Å². The minimum Gasteiger partial charge on any atom is -0.492 e. The van der Waals surface area contributed by atoms with Crippen molar-refractivity contribution < 1.29 is 18.8 Å². The zero-order chi connectivity index (χ0) is 22.9. The molecule has 0 radical (unpaired) electrons. The van der Waals surface area contributed by atoms with E-state index >= 15 is 0 Å². The lowest BCUT2D eigenvalue weighted by Crippen LogP contribution is -2.43. The van der Waals surface area contributed by atoms with Crippen LogP contribution < -0.4 is 4.74 Å². The lowest BCUT2D eigenvalue weighted by molar-refractivity contribution is -0.130. The number of ketones is 2. The Hall–Kier alpha value is -2.77. The summed E-state index contributed by atoms with van der Waals surface area (Å²) in [5, 5.41) is 7.12. The second-order valence-corrected chi connectivity index (χ2v) is 9.53. The van der Waals surface area contributed by atoms with Crippen LogP contribution in [0, 0.1) is 0 Å². The summed E-state index contributed by atoms with van der Waals surface area (Å²) in [6.45, 7) is 3.84. The molecule has 5 rings (SSSR count). The highest BCUT2D eigenvalue weighted by molar-refractivity contribution is 6.11. The molecule has 1 aliphatic carbocycles. The highest BCUT2D eigenvalue weighted by Crippen LogP contribution is 2.37. The fraction of sp³-hybridized carbons (Fsp3) is 0.500. The Morgan fingerprint density at radius 3 is 2.76 bits per heavy atom. The van der Waals surface area contributed by atoms with Crippen LogP contribution >= 0.6 is 0 Å². The van der Waals surface area contributed by atoms with E-state index in [1.807, 2.05) is 30.3 Å². The van der Waals surface area contributed by atoms with Crippen molar-refractivity contribution in [1.82, 2.24) is 15.0 Å². The maximum absolute atomic E-state index is 12.5. The summed E-state index contributed by atoms with van der Waals surface area (Å²) in [6.07, 6.45) is 3.32. The summed E-state index contributed by atoms with van der Waals surface area (Å²) in [4.78, 5) is 29.0. The van der Waals surface area contributed by atoms with Crippen LogP contribution in [0.25, 0.3) is 21.7 Å². The van der Waals surface area contributed by atoms with Gasteiger partial charge in [0.1, 0.15) is 29.6 Å². The van der Waals surface area contributed by atoms with Gasteiger partial charge in [0.15, 0.2) is 5.58 Å². The molecule has 7 heteroatoms. The van der Waals surface area contributed by atoms with Gasteiger partial charge in [0.05, 0.1) is 17.7 Å². The fourth-order valence-electron chi connectivity index (χ4n) is 5.19. The van der Waals surface area contributed by atoms with Crippen LogP contribution in [-0.2, 0) is 9.59 Å². The first kappa shape index (κ1) is 22.0. The van der Waals surface area contributed by atoms with E-state index in [1.165, 1.54) is 12.8 Å². The van der Waals surface area contributed by atoms with Crippen LogP contribution in [0.4, 0.5) is 0 Å². The molecule has 1 saturated heterocycles. The first-order valence-corrected chi connectivity index (χ1v) is 11.9.